The second kappa shape index (κ2) is 6.33. The molecule has 1 aromatic heterocycles. The zero-order chi connectivity index (χ0) is 16.3. The first-order valence-electron chi connectivity index (χ1n) is 6.32. The molecule has 2 rings (SSSR count). The van der Waals surface area contributed by atoms with E-state index in [1.54, 1.807) is 0 Å². The van der Waals surface area contributed by atoms with Gasteiger partial charge in [0.25, 0.3) is 0 Å². The summed E-state index contributed by atoms with van der Waals surface area (Å²) >= 11 is 0. The van der Waals surface area contributed by atoms with E-state index >= 15 is 0 Å². The summed E-state index contributed by atoms with van der Waals surface area (Å²) in [5.41, 5.74) is -1.22. The zero-order valence-electron chi connectivity index (χ0n) is 11.2. The lowest BCUT2D eigenvalue weighted by atomic mass is 10.1. The fourth-order valence-electron chi connectivity index (χ4n) is 1.91. The Morgan fingerprint density at radius 3 is 2.59 bits per heavy atom. The van der Waals surface area contributed by atoms with Gasteiger partial charge in [-0.15, -0.1) is 0 Å². The van der Waals surface area contributed by atoms with E-state index in [9.17, 15) is 26.7 Å². The van der Waals surface area contributed by atoms with Crippen LogP contribution in [0.4, 0.5) is 22.0 Å². The molecule has 8 heteroatoms. The molecular weight excluding hydrogens is 311 g/mol. The highest BCUT2D eigenvalue weighted by molar-refractivity contribution is 5.83. The van der Waals surface area contributed by atoms with E-state index in [1.807, 2.05) is 0 Å². The van der Waals surface area contributed by atoms with Crippen LogP contribution in [0.15, 0.2) is 27.4 Å². The molecule has 0 aliphatic heterocycles. The number of benzene rings is 1. The Kier molecular flexibility index (Phi) is 4.68. The van der Waals surface area contributed by atoms with Gasteiger partial charge >= 0.3 is 11.8 Å². The van der Waals surface area contributed by atoms with Crippen LogP contribution in [0.1, 0.15) is 12.2 Å². The van der Waals surface area contributed by atoms with Gasteiger partial charge in [-0.2, -0.15) is 13.2 Å². The summed E-state index contributed by atoms with van der Waals surface area (Å²) in [5, 5.41) is -0.519. The molecule has 22 heavy (non-hydrogen) atoms. The third kappa shape index (κ3) is 3.75. The predicted octanol–water partition coefficient (Wildman–Crippen LogP) is 3.78. The van der Waals surface area contributed by atoms with Crippen molar-refractivity contribution in [1.29, 1.82) is 0 Å². The first-order chi connectivity index (χ1) is 10.3. The van der Waals surface area contributed by atoms with Gasteiger partial charge in [0, 0.05) is 6.42 Å². The lowest BCUT2D eigenvalue weighted by molar-refractivity contribution is -0.130. The number of rotatable bonds is 5. The molecule has 0 fully saturated rings. The molecule has 0 bridgehead atoms. The second-order valence-corrected chi connectivity index (χ2v) is 4.53. The van der Waals surface area contributed by atoms with Crippen molar-refractivity contribution < 1.29 is 31.1 Å². The lowest BCUT2D eigenvalue weighted by Gasteiger charge is -2.09. The zero-order valence-corrected chi connectivity index (χ0v) is 11.2. The van der Waals surface area contributed by atoms with Crippen LogP contribution in [-0.2, 0) is 6.42 Å². The predicted molar refractivity (Wildman–Crippen MR) is 68.3 cm³/mol. The molecule has 0 saturated heterocycles. The molecule has 0 saturated carbocycles. The SMILES string of the molecule is O=c1oc(CC(F)(F)F)cc2ccc(OCCCF)c(F)c12. The molecule has 3 nitrogen and oxygen atoms in total. The van der Waals surface area contributed by atoms with Gasteiger partial charge < -0.3 is 9.15 Å². The molecule has 0 unspecified atom stereocenters. The Balaban J connectivity index is 2.41. The number of hydrogen-bond donors (Lipinski definition) is 0. The van der Waals surface area contributed by atoms with Crippen molar-refractivity contribution in [2.45, 2.75) is 19.0 Å². The fourth-order valence-corrected chi connectivity index (χ4v) is 1.91. The molecule has 0 N–H and O–H groups in total. The number of halogens is 5. The minimum atomic E-state index is -4.54. The number of alkyl halides is 4. The van der Waals surface area contributed by atoms with Crippen LogP contribution in [0.25, 0.3) is 10.8 Å². The molecule has 0 aliphatic rings. The Bertz CT molecular complexity index is 721. The van der Waals surface area contributed by atoms with Gasteiger partial charge in [0.15, 0.2) is 11.6 Å². The maximum Gasteiger partial charge on any atom is 0.396 e. The monoisotopic (exact) mass is 322 g/mol. The first kappa shape index (κ1) is 16.3. The van der Waals surface area contributed by atoms with E-state index in [0.717, 1.165) is 6.07 Å². The van der Waals surface area contributed by atoms with Gasteiger partial charge in [0.1, 0.15) is 17.6 Å². The topological polar surface area (TPSA) is 39.4 Å². The summed E-state index contributed by atoms with van der Waals surface area (Å²) in [4.78, 5) is 11.7. The molecule has 0 spiro atoms. The highest BCUT2D eigenvalue weighted by Crippen LogP contribution is 2.27. The van der Waals surface area contributed by atoms with Crippen molar-refractivity contribution in [3.05, 3.63) is 40.2 Å². The average Bonchev–Trinajstić information content (AvgIpc) is 2.39. The third-order valence-corrected chi connectivity index (χ3v) is 2.79. The van der Waals surface area contributed by atoms with Gasteiger partial charge in [-0.1, -0.05) is 6.07 Å². The molecule has 120 valence electrons. The Morgan fingerprint density at radius 1 is 1.23 bits per heavy atom. The van der Waals surface area contributed by atoms with Crippen LogP contribution in [0.2, 0.25) is 0 Å². The number of hydrogen-bond acceptors (Lipinski definition) is 3. The first-order valence-corrected chi connectivity index (χ1v) is 6.32. The van der Waals surface area contributed by atoms with Gasteiger partial charge in [-0.25, -0.2) is 9.18 Å². The maximum atomic E-state index is 14.1. The van der Waals surface area contributed by atoms with Crippen molar-refractivity contribution in [3.8, 4) is 5.75 Å². The molecule has 0 atom stereocenters. The summed E-state index contributed by atoms with van der Waals surface area (Å²) in [6, 6.07) is 3.38. The van der Waals surface area contributed by atoms with Crippen molar-refractivity contribution >= 4 is 10.8 Å². The van der Waals surface area contributed by atoms with Crippen molar-refractivity contribution in [2.75, 3.05) is 13.3 Å². The summed E-state index contributed by atoms with van der Waals surface area (Å²) in [7, 11) is 0. The number of fused-ring (bicyclic) bond motifs is 1. The smallest absolute Gasteiger partial charge is 0.396 e. The van der Waals surface area contributed by atoms with Crippen molar-refractivity contribution in [1.82, 2.24) is 0 Å². The molecule has 1 heterocycles. The fraction of sp³-hybridized carbons (Fsp3) is 0.357. The summed E-state index contributed by atoms with van der Waals surface area (Å²) in [6.45, 7) is -0.728. The van der Waals surface area contributed by atoms with Gasteiger partial charge in [0.2, 0.25) is 0 Å². The molecule has 0 radical (unpaired) electrons. The van der Waals surface area contributed by atoms with E-state index in [2.05, 4.69) is 4.42 Å². The third-order valence-electron chi connectivity index (χ3n) is 2.79. The summed E-state index contributed by atoms with van der Waals surface area (Å²) in [6.07, 6.45) is -5.91. The minimum Gasteiger partial charge on any atom is -0.490 e. The summed E-state index contributed by atoms with van der Waals surface area (Å²) in [5.74, 6) is -1.92. The molecular formula is C14H11F5O3. The van der Waals surface area contributed by atoms with Gasteiger partial charge in [-0.3, -0.25) is 4.39 Å². The molecule has 1 aromatic carbocycles. The highest BCUT2D eigenvalue weighted by Gasteiger charge is 2.29. The van der Waals surface area contributed by atoms with E-state index in [-0.39, 0.29) is 24.2 Å². The van der Waals surface area contributed by atoms with E-state index in [4.69, 9.17) is 4.74 Å². The molecule has 0 amide bonds. The van der Waals surface area contributed by atoms with Crippen LogP contribution in [-0.4, -0.2) is 19.5 Å². The van der Waals surface area contributed by atoms with Crippen LogP contribution >= 0.6 is 0 Å². The van der Waals surface area contributed by atoms with E-state index in [0.29, 0.717) is 0 Å². The highest BCUT2D eigenvalue weighted by atomic mass is 19.4. The van der Waals surface area contributed by atoms with Gasteiger partial charge in [0.05, 0.1) is 13.3 Å². The van der Waals surface area contributed by atoms with Gasteiger partial charge in [-0.05, 0) is 17.5 Å². The molecule has 0 aliphatic carbocycles. The van der Waals surface area contributed by atoms with Crippen molar-refractivity contribution in [3.63, 3.8) is 0 Å². The Morgan fingerprint density at radius 2 is 1.95 bits per heavy atom. The number of ether oxygens (including phenoxy) is 1. The average molecular weight is 322 g/mol. The van der Waals surface area contributed by atoms with Crippen LogP contribution in [0, 0.1) is 5.82 Å². The standard InChI is InChI=1S/C14H11F5O3/c15-4-1-5-21-10-3-2-8-6-9(7-14(17,18)19)22-13(20)11(8)12(10)16/h2-3,6H,1,4-5,7H2. The minimum absolute atomic E-state index is 0.0224. The Hall–Kier alpha value is -2.12. The van der Waals surface area contributed by atoms with Crippen molar-refractivity contribution in [2.24, 2.45) is 0 Å². The van der Waals surface area contributed by atoms with Crippen LogP contribution < -0.4 is 10.4 Å². The Labute approximate surface area is 121 Å². The van der Waals surface area contributed by atoms with Crippen LogP contribution in [0.3, 0.4) is 0 Å². The second-order valence-electron chi connectivity index (χ2n) is 4.53. The largest absolute Gasteiger partial charge is 0.490 e. The normalized spacial score (nSPS) is 11.9. The van der Waals surface area contributed by atoms with E-state index in [1.165, 1.54) is 12.1 Å². The summed E-state index contributed by atoms with van der Waals surface area (Å²) < 4.78 is 72.5. The molecule has 2 aromatic rings. The van der Waals surface area contributed by atoms with E-state index < -0.39 is 41.9 Å². The lowest BCUT2D eigenvalue weighted by Crippen LogP contribution is -2.14. The van der Waals surface area contributed by atoms with Crippen LogP contribution in [0.5, 0.6) is 5.75 Å². The quantitative estimate of drug-likeness (QED) is 0.621. The maximum absolute atomic E-state index is 14.1.